The number of hydrogen-bond acceptors (Lipinski definition) is 2. The normalized spacial score (nSPS) is 14.5. The molecule has 1 aliphatic heterocycles. The first-order chi connectivity index (χ1) is 18.4. The molecule has 0 fully saturated rings. The number of fused-ring (bicyclic) bond motifs is 3. The summed E-state index contributed by atoms with van der Waals surface area (Å²) in [6.07, 6.45) is 2.04. The smallest absolute Gasteiger partial charge is 0.308 e. The molecule has 190 valence electrons. The number of nitrogens with one attached hydrogen (secondary N) is 1. The molecule has 6 rings (SSSR count). The lowest BCUT2D eigenvalue weighted by Crippen LogP contribution is -2.38. The van der Waals surface area contributed by atoms with Crippen molar-refractivity contribution in [3.8, 4) is 11.5 Å². The molecule has 5 aromatic rings. The lowest BCUT2D eigenvalue weighted by molar-refractivity contribution is 0.194. The Morgan fingerprint density at radius 1 is 0.947 bits per heavy atom. The average molecular weight is 522 g/mol. The van der Waals surface area contributed by atoms with Crippen LogP contribution in [0.3, 0.4) is 0 Å². The third-order valence-electron chi connectivity index (χ3n) is 7.14. The lowest BCUT2D eigenvalue weighted by atomic mass is 10.0. The predicted molar refractivity (Wildman–Crippen MR) is 151 cm³/mol. The average Bonchev–Trinajstić information content (AvgIpc) is 3.46. The van der Waals surface area contributed by atoms with Crippen molar-refractivity contribution in [2.24, 2.45) is 0 Å². The Labute approximate surface area is 227 Å². The first-order valence-corrected chi connectivity index (χ1v) is 13.0. The molecule has 6 nitrogen and oxygen atoms in total. The summed E-state index contributed by atoms with van der Waals surface area (Å²) in [6, 6.07) is 27.4. The minimum Gasteiger partial charge on any atom is -0.308 e. The van der Waals surface area contributed by atoms with E-state index in [9.17, 15) is 4.79 Å². The number of amides is 2. The monoisotopic (exact) mass is 521 g/mol. The van der Waals surface area contributed by atoms with Gasteiger partial charge in [-0.25, -0.2) is 9.48 Å². The minimum absolute atomic E-state index is 0.186. The molecule has 0 spiro atoms. The SMILES string of the molecule is Cc1ccc(NC(=O)N2Cc3c(C)nn(-c4ccccc4)c3-n3cccc3C2c2cccc(Cl)c2)c(C)c1. The van der Waals surface area contributed by atoms with E-state index < -0.39 is 0 Å². The molecule has 1 unspecified atom stereocenters. The van der Waals surface area contributed by atoms with Crippen molar-refractivity contribution in [1.29, 1.82) is 0 Å². The van der Waals surface area contributed by atoms with E-state index in [1.807, 2.05) is 109 Å². The van der Waals surface area contributed by atoms with Crippen molar-refractivity contribution in [3.05, 3.63) is 130 Å². The van der Waals surface area contributed by atoms with Crippen LogP contribution < -0.4 is 5.32 Å². The maximum Gasteiger partial charge on any atom is 0.322 e. The zero-order valence-electron chi connectivity index (χ0n) is 21.5. The second-order valence-electron chi connectivity index (χ2n) is 9.77. The summed E-state index contributed by atoms with van der Waals surface area (Å²) in [5, 5.41) is 8.72. The van der Waals surface area contributed by atoms with Gasteiger partial charge in [0.05, 0.1) is 29.7 Å². The molecule has 2 aromatic heterocycles. The number of carbonyl (C=O) groups is 1. The molecule has 0 bridgehead atoms. The Balaban J connectivity index is 1.54. The van der Waals surface area contributed by atoms with E-state index in [1.165, 1.54) is 0 Å². The van der Waals surface area contributed by atoms with Gasteiger partial charge in [0.25, 0.3) is 0 Å². The fourth-order valence-corrected chi connectivity index (χ4v) is 5.52. The number of rotatable bonds is 3. The number of hydrogen-bond donors (Lipinski definition) is 1. The molecule has 1 atom stereocenters. The molecule has 0 saturated heterocycles. The summed E-state index contributed by atoms with van der Waals surface area (Å²) in [5.74, 6) is 0.933. The van der Waals surface area contributed by atoms with E-state index >= 15 is 0 Å². The van der Waals surface area contributed by atoms with Crippen LogP contribution in [0.4, 0.5) is 10.5 Å². The van der Waals surface area contributed by atoms with E-state index in [2.05, 4.69) is 22.0 Å². The summed E-state index contributed by atoms with van der Waals surface area (Å²) >= 11 is 6.46. The third-order valence-corrected chi connectivity index (χ3v) is 7.37. The van der Waals surface area contributed by atoms with Gasteiger partial charge in [-0.3, -0.25) is 0 Å². The van der Waals surface area contributed by atoms with Gasteiger partial charge in [-0.1, -0.05) is 59.6 Å². The van der Waals surface area contributed by atoms with Crippen molar-refractivity contribution >= 4 is 23.3 Å². The highest BCUT2D eigenvalue weighted by Crippen LogP contribution is 2.39. The number of aryl methyl sites for hydroxylation is 3. The number of benzene rings is 3. The minimum atomic E-state index is -0.370. The number of nitrogens with zero attached hydrogens (tertiary/aromatic N) is 4. The summed E-state index contributed by atoms with van der Waals surface area (Å²) in [7, 11) is 0. The van der Waals surface area contributed by atoms with Crippen molar-refractivity contribution < 1.29 is 4.79 Å². The Morgan fingerprint density at radius 3 is 2.53 bits per heavy atom. The van der Waals surface area contributed by atoms with Crippen molar-refractivity contribution in [2.45, 2.75) is 33.4 Å². The first kappa shape index (κ1) is 24.1. The van der Waals surface area contributed by atoms with Crippen molar-refractivity contribution in [2.75, 3.05) is 5.32 Å². The molecule has 0 radical (unpaired) electrons. The Morgan fingerprint density at radius 2 is 1.76 bits per heavy atom. The van der Waals surface area contributed by atoms with Crippen molar-refractivity contribution in [1.82, 2.24) is 19.2 Å². The highest BCUT2D eigenvalue weighted by molar-refractivity contribution is 6.30. The van der Waals surface area contributed by atoms with Gasteiger partial charge >= 0.3 is 6.03 Å². The zero-order valence-corrected chi connectivity index (χ0v) is 22.3. The third kappa shape index (κ3) is 4.17. The van der Waals surface area contributed by atoms with Crippen LogP contribution in [0.15, 0.2) is 91.1 Å². The zero-order chi connectivity index (χ0) is 26.4. The van der Waals surface area contributed by atoms with E-state index in [1.54, 1.807) is 0 Å². The van der Waals surface area contributed by atoms with Crippen LogP contribution in [0, 0.1) is 20.8 Å². The number of halogens is 1. The second kappa shape index (κ2) is 9.54. The molecule has 38 heavy (non-hydrogen) atoms. The summed E-state index contributed by atoms with van der Waals surface area (Å²) in [5.41, 5.74) is 7.69. The van der Waals surface area contributed by atoms with Crippen LogP contribution in [0.1, 0.15) is 39.7 Å². The first-order valence-electron chi connectivity index (χ1n) is 12.6. The number of anilines is 1. The molecule has 3 heterocycles. The standard InChI is InChI=1S/C31H28ClN5O/c1-20-14-15-27(21(2)17-20)33-31(38)36-19-26-22(3)34-37(25-11-5-4-6-12-25)30(26)35-16-8-13-28(35)29(36)23-9-7-10-24(32)18-23/h4-18,29H,19H2,1-3H3,(H,33,38). The van der Waals surface area contributed by atoms with Gasteiger partial charge in [-0.15, -0.1) is 0 Å². The van der Waals surface area contributed by atoms with E-state index in [0.717, 1.165) is 50.8 Å². The number of aromatic nitrogens is 3. The lowest BCUT2D eigenvalue weighted by Gasteiger charge is -2.31. The van der Waals surface area contributed by atoms with Gasteiger partial charge in [-0.2, -0.15) is 5.10 Å². The largest absolute Gasteiger partial charge is 0.322 e. The van der Waals surface area contributed by atoms with Crippen LogP contribution in [0.25, 0.3) is 11.5 Å². The fraction of sp³-hybridized carbons (Fsp3) is 0.161. The van der Waals surface area contributed by atoms with Crippen LogP contribution in [-0.4, -0.2) is 25.3 Å². The Hall–Kier alpha value is -4.29. The van der Waals surface area contributed by atoms with Gasteiger partial charge in [-0.05, 0) is 74.4 Å². The van der Waals surface area contributed by atoms with Gasteiger partial charge in [0, 0.05) is 22.5 Å². The second-order valence-corrected chi connectivity index (χ2v) is 10.2. The van der Waals surface area contributed by atoms with Gasteiger partial charge in [0.2, 0.25) is 0 Å². The number of para-hydroxylation sites is 1. The predicted octanol–water partition coefficient (Wildman–Crippen LogP) is 7.38. The fourth-order valence-electron chi connectivity index (χ4n) is 5.32. The molecular formula is C31H28ClN5O. The molecule has 1 aliphatic rings. The molecule has 7 heteroatoms. The molecule has 1 N–H and O–H groups in total. The van der Waals surface area contributed by atoms with Crippen LogP contribution in [0.2, 0.25) is 5.02 Å². The van der Waals surface area contributed by atoms with E-state index in [4.69, 9.17) is 16.7 Å². The van der Waals surface area contributed by atoms with Crippen LogP contribution in [0.5, 0.6) is 0 Å². The Bertz CT molecular complexity index is 1650. The highest BCUT2D eigenvalue weighted by Gasteiger charge is 2.36. The van der Waals surface area contributed by atoms with Crippen LogP contribution >= 0.6 is 11.6 Å². The summed E-state index contributed by atoms with van der Waals surface area (Å²) in [6.45, 7) is 6.44. The maximum atomic E-state index is 14.1. The van der Waals surface area contributed by atoms with Gasteiger partial charge < -0.3 is 14.8 Å². The molecule has 0 aliphatic carbocycles. The molecule has 2 amide bonds. The quantitative estimate of drug-likeness (QED) is 0.269. The summed E-state index contributed by atoms with van der Waals surface area (Å²) < 4.78 is 4.12. The Kier molecular flexibility index (Phi) is 6.04. The van der Waals surface area contributed by atoms with E-state index in [0.29, 0.717) is 11.6 Å². The van der Waals surface area contributed by atoms with E-state index in [-0.39, 0.29) is 12.1 Å². The maximum absolute atomic E-state index is 14.1. The number of urea groups is 1. The molecule has 3 aromatic carbocycles. The molecular weight excluding hydrogens is 494 g/mol. The topological polar surface area (TPSA) is 55.1 Å². The number of carbonyl (C=O) groups excluding carboxylic acids is 1. The van der Waals surface area contributed by atoms with Gasteiger partial charge in [0.15, 0.2) is 0 Å². The highest BCUT2D eigenvalue weighted by atomic mass is 35.5. The van der Waals surface area contributed by atoms with Crippen molar-refractivity contribution in [3.63, 3.8) is 0 Å². The van der Waals surface area contributed by atoms with Gasteiger partial charge in [0.1, 0.15) is 5.82 Å². The van der Waals surface area contributed by atoms with Crippen LogP contribution in [-0.2, 0) is 6.54 Å². The molecule has 0 saturated carbocycles. The summed E-state index contributed by atoms with van der Waals surface area (Å²) in [4.78, 5) is 16.0.